The molecule has 0 radical (unpaired) electrons. The highest BCUT2D eigenvalue weighted by atomic mass is 32.2. The third-order valence-corrected chi connectivity index (χ3v) is 3.87. The van der Waals surface area contributed by atoms with Gasteiger partial charge in [0.2, 0.25) is 0 Å². The molecule has 1 atom stereocenters. The Labute approximate surface area is 116 Å². The summed E-state index contributed by atoms with van der Waals surface area (Å²) in [6.07, 6.45) is 1.09. The van der Waals surface area contributed by atoms with Crippen LogP contribution in [0.4, 0.5) is 5.69 Å². The fourth-order valence-electron chi connectivity index (χ4n) is 1.70. The van der Waals surface area contributed by atoms with E-state index < -0.39 is 10.2 Å². The summed E-state index contributed by atoms with van der Waals surface area (Å²) in [7, 11) is -3.45. The van der Waals surface area contributed by atoms with Gasteiger partial charge in [-0.2, -0.15) is 13.1 Å². The summed E-state index contributed by atoms with van der Waals surface area (Å²) in [4.78, 5) is 0. The molecule has 19 heavy (non-hydrogen) atoms. The van der Waals surface area contributed by atoms with E-state index in [9.17, 15) is 8.42 Å². The molecule has 0 aliphatic carbocycles. The second-order valence-electron chi connectivity index (χ2n) is 4.40. The Morgan fingerprint density at radius 2 is 1.79 bits per heavy atom. The van der Waals surface area contributed by atoms with Crippen LogP contribution in [0, 0.1) is 0 Å². The van der Waals surface area contributed by atoms with Crippen molar-refractivity contribution >= 4 is 15.9 Å². The zero-order valence-electron chi connectivity index (χ0n) is 11.7. The Balaban J connectivity index is 2.66. The first-order chi connectivity index (χ1) is 8.98. The van der Waals surface area contributed by atoms with E-state index in [4.69, 9.17) is 0 Å². The molecule has 0 amide bonds. The molecule has 3 N–H and O–H groups in total. The zero-order valence-corrected chi connectivity index (χ0v) is 12.5. The van der Waals surface area contributed by atoms with Gasteiger partial charge in [-0.25, -0.2) is 0 Å². The Bertz CT molecular complexity index is 471. The molecule has 0 aliphatic heterocycles. The van der Waals surface area contributed by atoms with E-state index in [1.54, 1.807) is 19.1 Å². The first-order valence-corrected chi connectivity index (χ1v) is 8.07. The first kappa shape index (κ1) is 15.9. The maximum Gasteiger partial charge on any atom is 0.299 e. The minimum Gasteiger partial charge on any atom is -0.310 e. The molecule has 1 rings (SSSR count). The molecule has 0 aromatic heterocycles. The quantitative estimate of drug-likeness (QED) is 0.684. The van der Waals surface area contributed by atoms with Gasteiger partial charge in [0.15, 0.2) is 0 Å². The van der Waals surface area contributed by atoms with Crippen molar-refractivity contribution in [1.82, 2.24) is 10.0 Å². The third-order valence-electron chi connectivity index (χ3n) is 2.70. The molecule has 0 fully saturated rings. The Kier molecular flexibility index (Phi) is 6.27. The van der Waals surface area contributed by atoms with Crippen LogP contribution in [0.5, 0.6) is 0 Å². The molecular weight excluding hydrogens is 262 g/mol. The number of anilines is 1. The summed E-state index contributed by atoms with van der Waals surface area (Å²) in [6.45, 7) is 7.29. The van der Waals surface area contributed by atoms with Gasteiger partial charge in [-0.05, 0) is 37.6 Å². The largest absolute Gasteiger partial charge is 0.310 e. The molecule has 1 aromatic carbocycles. The fourth-order valence-corrected chi connectivity index (χ4v) is 2.60. The predicted octanol–water partition coefficient (Wildman–Crippen LogP) is 2.01. The van der Waals surface area contributed by atoms with E-state index >= 15 is 0 Å². The van der Waals surface area contributed by atoms with Crippen molar-refractivity contribution < 1.29 is 8.42 Å². The van der Waals surface area contributed by atoms with Crippen molar-refractivity contribution in [1.29, 1.82) is 0 Å². The summed E-state index contributed by atoms with van der Waals surface area (Å²) < 4.78 is 27.9. The highest BCUT2D eigenvalue weighted by molar-refractivity contribution is 7.90. The Morgan fingerprint density at radius 3 is 2.32 bits per heavy atom. The van der Waals surface area contributed by atoms with E-state index in [0.29, 0.717) is 12.2 Å². The standard InChI is InChI=1S/C13H23N3O2S/c1-4-10-14-11(3)12-6-8-13(9-7-12)16-19(17,18)15-5-2/h6-9,11,14-16H,4-5,10H2,1-3H3. The highest BCUT2D eigenvalue weighted by Gasteiger charge is 2.08. The lowest BCUT2D eigenvalue weighted by atomic mass is 10.1. The van der Waals surface area contributed by atoms with Crippen LogP contribution >= 0.6 is 0 Å². The minimum atomic E-state index is -3.45. The van der Waals surface area contributed by atoms with E-state index in [-0.39, 0.29) is 6.04 Å². The molecule has 0 heterocycles. The van der Waals surface area contributed by atoms with Gasteiger partial charge in [0.25, 0.3) is 10.2 Å². The lowest BCUT2D eigenvalue weighted by molar-refractivity contribution is 0.571. The molecule has 0 saturated carbocycles. The lowest BCUT2D eigenvalue weighted by Gasteiger charge is -2.14. The monoisotopic (exact) mass is 285 g/mol. The Hall–Kier alpha value is -1.11. The van der Waals surface area contributed by atoms with Gasteiger partial charge >= 0.3 is 0 Å². The van der Waals surface area contributed by atoms with Crippen LogP contribution in [0.25, 0.3) is 0 Å². The second-order valence-corrected chi connectivity index (χ2v) is 5.90. The molecule has 5 nitrogen and oxygen atoms in total. The van der Waals surface area contributed by atoms with E-state index in [1.165, 1.54) is 0 Å². The second kappa shape index (κ2) is 7.47. The predicted molar refractivity (Wildman–Crippen MR) is 79.4 cm³/mol. The molecule has 0 spiro atoms. The molecule has 1 unspecified atom stereocenters. The Morgan fingerprint density at radius 1 is 1.16 bits per heavy atom. The van der Waals surface area contributed by atoms with Gasteiger partial charge in [0.1, 0.15) is 0 Å². The van der Waals surface area contributed by atoms with Crippen molar-refractivity contribution in [2.45, 2.75) is 33.2 Å². The van der Waals surface area contributed by atoms with Crippen LogP contribution in [-0.4, -0.2) is 21.5 Å². The van der Waals surface area contributed by atoms with Crippen molar-refractivity contribution in [3.63, 3.8) is 0 Å². The topological polar surface area (TPSA) is 70.2 Å². The van der Waals surface area contributed by atoms with Crippen molar-refractivity contribution in [2.24, 2.45) is 0 Å². The normalized spacial score (nSPS) is 13.2. The van der Waals surface area contributed by atoms with Crippen molar-refractivity contribution in [3.8, 4) is 0 Å². The first-order valence-electron chi connectivity index (χ1n) is 6.59. The summed E-state index contributed by atoms with van der Waals surface area (Å²) in [5, 5.41) is 3.39. The molecule has 0 bridgehead atoms. The molecule has 6 heteroatoms. The highest BCUT2D eigenvalue weighted by Crippen LogP contribution is 2.16. The van der Waals surface area contributed by atoms with E-state index in [0.717, 1.165) is 18.5 Å². The van der Waals surface area contributed by atoms with Crippen LogP contribution in [0.1, 0.15) is 38.8 Å². The van der Waals surface area contributed by atoms with Crippen LogP contribution in [0.3, 0.4) is 0 Å². The summed E-state index contributed by atoms with van der Waals surface area (Å²) >= 11 is 0. The van der Waals surface area contributed by atoms with Crippen LogP contribution in [-0.2, 0) is 10.2 Å². The lowest BCUT2D eigenvalue weighted by Crippen LogP contribution is -2.29. The molecule has 0 saturated heterocycles. The fraction of sp³-hybridized carbons (Fsp3) is 0.538. The van der Waals surface area contributed by atoms with Gasteiger partial charge in [0.05, 0.1) is 0 Å². The average molecular weight is 285 g/mol. The number of benzene rings is 1. The number of nitrogens with one attached hydrogen (secondary N) is 3. The molecule has 1 aromatic rings. The molecular formula is C13H23N3O2S. The maximum atomic E-state index is 11.5. The summed E-state index contributed by atoms with van der Waals surface area (Å²) in [5.41, 5.74) is 1.70. The SMILES string of the molecule is CCCNC(C)c1ccc(NS(=O)(=O)NCC)cc1. The van der Waals surface area contributed by atoms with Gasteiger partial charge in [-0.3, -0.25) is 4.72 Å². The summed E-state index contributed by atoms with van der Waals surface area (Å²) in [5.74, 6) is 0. The van der Waals surface area contributed by atoms with E-state index in [1.807, 2.05) is 12.1 Å². The van der Waals surface area contributed by atoms with Gasteiger partial charge in [-0.15, -0.1) is 0 Å². The van der Waals surface area contributed by atoms with Crippen LogP contribution in [0.15, 0.2) is 24.3 Å². The van der Waals surface area contributed by atoms with Gasteiger partial charge in [0, 0.05) is 18.3 Å². The third kappa shape index (κ3) is 5.59. The van der Waals surface area contributed by atoms with Crippen molar-refractivity contribution in [2.75, 3.05) is 17.8 Å². The minimum absolute atomic E-state index is 0.263. The summed E-state index contributed by atoms with van der Waals surface area (Å²) in [6, 6.07) is 7.66. The number of hydrogen-bond acceptors (Lipinski definition) is 3. The van der Waals surface area contributed by atoms with Gasteiger partial charge in [-0.1, -0.05) is 26.0 Å². The average Bonchev–Trinajstić information content (AvgIpc) is 2.36. The molecule has 0 aliphatic rings. The number of rotatable bonds is 8. The number of hydrogen-bond donors (Lipinski definition) is 3. The van der Waals surface area contributed by atoms with Crippen molar-refractivity contribution in [3.05, 3.63) is 29.8 Å². The van der Waals surface area contributed by atoms with Gasteiger partial charge < -0.3 is 5.32 Å². The maximum absolute atomic E-state index is 11.5. The smallest absolute Gasteiger partial charge is 0.299 e. The molecule has 108 valence electrons. The zero-order chi connectivity index (χ0) is 14.3. The van der Waals surface area contributed by atoms with Crippen LogP contribution < -0.4 is 14.8 Å². The van der Waals surface area contributed by atoms with E-state index in [2.05, 4.69) is 28.6 Å². The van der Waals surface area contributed by atoms with Crippen LogP contribution in [0.2, 0.25) is 0 Å².